The molecular formula is C18H26ClN5O. The van der Waals surface area contributed by atoms with Crippen LogP contribution in [-0.4, -0.2) is 42.5 Å². The third-order valence-electron chi connectivity index (χ3n) is 3.68. The highest BCUT2D eigenvalue weighted by molar-refractivity contribution is 6.30. The first-order valence-corrected chi connectivity index (χ1v) is 8.88. The van der Waals surface area contributed by atoms with E-state index in [4.69, 9.17) is 16.3 Å². The zero-order valence-corrected chi connectivity index (χ0v) is 15.5. The number of hydrogen-bond acceptors (Lipinski definition) is 3. The van der Waals surface area contributed by atoms with Gasteiger partial charge in [-0.1, -0.05) is 23.7 Å². The Hall–Kier alpha value is -2.05. The normalized spacial score (nSPS) is 12.8. The maximum atomic E-state index is 6.06. The number of nitrogens with one attached hydrogen (secondary N) is 2. The summed E-state index contributed by atoms with van der Waals surface area (Å²) >= 11 is 6.06. The van der Waals surface area contributed by atoms with Crippen LogP contribution >= 0.6 is 11.6 Å². The van der Waals surface area contributed by atoms with Crippen molar-refractivity contribution in [1.29, 1.82) is 0 Å². The van der Waals surface area contributed by atoms with Crippen LogP contribution in [0, 0.1) is 0 Å². The van der Waals surface area contributed by atoms with Gasteiger partial charge in [-0.3, -0.25) is 9.67 Å². The molecule has 25 heavy (non-hydrogen) atoms. The minimum Gasteiger partial charge on any atom is -0.375 e. The molecule has 7 heteroatoms. The standard InChI is InChI=1S/C18H26ClN5O/c1-3-20-18(21-9-5-11-24-12-6-10-23-24)22-14-17(25-2)15-7-4-8-16(19)13-15/h4,6-8,10,12-13,17H,3,5,9,11,14H2,1-2H3,(H2,20,21,22). The van der Waals surface area contributed by atoms with Crippen molar-refractivity contribution in [2.24, 2.45) is 4.99 Å². The van der Waals surface area contributed by atoms with Gasteiger partial charge in [-0.2, -0.15) is 5.10 Å². The van der Waals surface area contributed by atoms with Gasteiger partial charge in [-0.15, -0.1) is 0 Å². The summed E-state index contributed by atoms with van der Waals surface area (Å²) in [6, 6.07) is 9.62. The number of guanidine groups is 1. The van der Waals surface area contributed by atoms with E-state index in [0.29, 0.717) is 11.6 Å². The molecule has 0 aliphatic heterocycles. The number of methoxy groups -OCH3 is 1. The van der Waals surface area contributed by atoms with Crippen molar-refractivity contribution in [3.8, 4) is 0 Å². The predicted molar refractivity (Wildman–Crippen MR) is 102 cm³/mol. The molecule has 2 N–H and O–H groups in total. The molecule has 2 rings (SSSR count). The molecule has 6 nitrogen and oxygen atoms in total. The SMILES string of the molecule is CCNC(=NCC(OC)c1cccc(Cl)c1)NCCCn1cccn1. The highest BCUT2D eigenvalue weighted by atomic mass is 35.5. The Labute approximate surface area is 154 Å². The number of aryl methyl sites for hydroxylation is 1. The molecule has 0 spiro atoms. The molecule has 0 bridgehead atoms. The van der Waals surface area contributed by atoms with Gasteiger partial charge in [0.25, 0.3) is 0 Å². The van der Waals surface area contributed by atoms with Gasteiger partial charge in [-0.05, 0) is 37.1 Å². The molecule has 1 unspecified atom stereocenters. The smallest absolute Gasteiger partial charge is 0.191 e. The number of aromatic nitrogens is 2. The number of ether oxygens (including phenoxy) is 1. The van der Waals surface area contributed by atoms with Crippen molar-refractivity contribution in [2.75, 3.05) is 26.7 Å². The van der Waals surface area contributed by atoms with Crippen LogP contribution in [0.3, 0.4) is 0 Å². The van der Waals surface area contributed by atoms with Crippen LogP contribution in [-0.2, 0) is 11.3 Å². The molecule has 136 valence electrons. The van der Waals surface area contributed by atoms with Gasteiger partial charge >= 0.3 is 0 Å². The van der Waals surface area contributed by atoms with Crippen LogP contribution in [0.15, 0.2) is 47.7 Å². The second-order valence-electron chi connectivity index (χ2n) is 5.55. The van der Waals surface area contributed by atoms with Gasteiger partial charge in [-0.25, -0.2) is 0 Å². The zero-order valence-electron chi connectivity index (χ0n) is 14.8. The molecule has 1 aromatic heterocycles. The fourth-order valence-corrected chi connectivity index (χ4v) is 2.62. The summed E-state index contributed by atoms with van der Waals surface area (Å²) in [6.45, 7) is 5.07. The van der Waals surface area contributed by atoms with E-state index in [9.17, 15) is 0 Å². The minimum absolute atomic E-state index is 0.127. The van der Waals surface area contributed by atoms with E-state index in [1.807, 2.05) is 48.1 Å². The topological polar surface area (TPSA) is 63.5 Å². The summed E-state index contributed by atoms with van der Waals surface area (Å²) in [7, 11) is 1.69. The fraction of sp³-hybridized carbons (Fsp3) is 0.444. The van der Waals surface area contributed by atoms with Gasteiger partial charge in [0.05, 0.1) is 6.54 Å². The van der Waals surface area contributed by atoms with Crippen molar-refractivity contribution in [3.63, 3.8) is 0 Å². The van der Waals surface area contributed by atoms with E-state index in [1.165, 1.54) is 0 Å². The zero-order chi connectivity index (χ0) is 17.9. The Morgan fingerprint density at radius 3 is 2.92 bits per heavy atom. The molecule has 0 amide bonds. The Kier molecular flexibility index (Phi) is 8.28. The summed E-state index contributed by atoms with van der Waals surface area (Å²) in [5, 5.41) is 11.5. The Morgan fingerprint density at radius 1 is 1.36 bits per heavy atom. The first-order chi connectivity index (χ1) is 12.2. The van der Waals surface area contributed by atoms with Gasteiger partial charge in [0.1, 0.15) is 6.10 Å². The number of hydrogen-bond donors (Lipinski definition) is 2. The first-order valence-electron chi connectivity index (χ1n) is 8.50. The van der Waals surface area contributed by atoms with Gasteiger partial charge in [0.15, 0.2) is 5.96 Å². The Morgan fingerprint density at radius 2 is 2.24 bits per heavy atom. The Balaban J connectivity index is 1.86. The number of rotatable bonds is 9. The monoisotopic (exact) mass is 363 g/mol. The third-order valence-corrected chi connectivity index (χ3v) is 3.92. The summed E-state index contributed by atoms with van der Waals surface area (Å²) in [4.78, 5) is 4.63. The van der Waals surface area contributed by atoms with E-state index < -0.39 is 0 Å². The van der Waals surface area contributed by atoms with Crippen LogP contribution in [0.2, 0.25) is 5.02 Å². The van der Waals surface area contributed by atoms with Crippen LogP contribution in [0.25, 0.3) is 0 Å². The lowest BCUT2D eigenvalue weighted by atomic mass is 10.1. The second-order valence-corrected chi connectivity index (χ2v) is 5.98. The van der Waals surface area contributed by atoms with Gasteiger partial charge in [0, 0.05) is 44.2 Å². The van der Waals surface area contributed by atoms with Crippen LogP contribution < -0.4 is 10.6 Å². The van der Waals surface area contributed by atoms with E-state index in [0.717, 1.165) is 37.6 Å². The van der Waals surface area contributed by atoms with Crippen LogP contribution in [0.5, 0.6) is 0 Å². The lowest BCUT2D eigenvalue weighted by Crippen LogP contribution is -2.38. The second kappa shape index (κ2) is 10.7. The summed E-state index contributed by atoms with van der Waals surface area (Å²) < 4.78 is 7.48. The van der Waals surface area contributed by atoms with Crippen molar-refractivity contribution < 1.29 is 4.74 Å². The number of aliphatic imine (C=N–C) groups is 1. The highest BCUT2D eigenvalue weighted by Crippen LogP contribution is 2.20. The first kappa shape index (κ1) is 19.3. The number of nitrogens with zero attached hydrogens (tertiary/aromatic N) is 3. The molecule has 2 aromatic rings. The van der Waals surface area contributed by atoms with E-state index >= 15 is 0 Å². The molecule has 0 aliphatic rings. The summed E-state index contributed by atoms with van der Waals surface area (Å²) in [5.41, 5.74) is 1.02. The van der Waals surface area contributed by atoms with Crippen LogP contribution in [0.1, 0.15) is 25.0 Å². The maximum Gasteiger partial charge on any atom is 0.191 e. The lowest BCUT2D eigenvalue weighted by molar-refractivity contribution is 0.111. The van der Waals surface area contributed by atoms with Crippen LogP contribution in [0.4, 0.5) is 0 Å². The molecule has 0 saturated carbocycles. The number of halogens is 1. The van der Waals surface area contributed by atoms with E-state index in [1.54, 1.807) is 13.3 Å². The van der Waals surface area contributed by atoms with Crippen molar-refractivity contribution in [2.45, 2.75) is 26.0 Å². The molecule has 1 heterocycles. The van der Waals surface area contributed by atoms with Crippen molar-refractivity contribution in [1.82, 2.24) is 20.4 Å². The van der Waals surface area contributed by atoms with E-state index in [-0.39, 0.29) is 6.10 Å². The molecule has 0 aliphatic carbocycles. The molecule has 1 atom stereocenters. The largest absolute Gasteiger partial charge is 0.375 e. The van der Waals surface area contributed by atoms with Crippen molar-refractivity contribution in [3.05, 3.63) is 53.3 Å². The third kappa shape index (κ3) is 6.76. The van der Waals surface area contributed by atoms with Crippen molar-refractivity contribution >= 4 is 17.6 Å². The predicted octanol–water partition coefficient (Wildman–Crippen LogP) is 2.87. The minimum atomic E-state index is -0.127. The summed E-state index contributed by atoms with van der Waals surface area (Å²) in [6.07, 6.45) is 4.60. The quantitative estimate of drug-likeness (QED) is 0.408. The molecule has 0 saturated heterocycles. The molecule has 0 fully saturated rings. The van der Waals surface area contributed by atoms with Gasteiger partial charge < -0.3 is 15.4 Å². The molecule has 1 aromatic carbocycles. The lowest BCUT2D eigenvalue weighted by Gasteiger charge is -2.16. The average molecular weight is 364 g/mol. The fourth-order valence-electron chi connectivity index (χ4n) is 2.42. The number of benzene rings is 1. The average Bonchev–Trinajstić information content (AvgIpc) is 3.12. The molecule has 0 radical (unpaired) electrons. The highest BCUT2D eigenvalue weighted by Gasteiger charge is 2.10. The maximum absolute atomic E-state index is 6.06. The molecular weight excluding hydrogens is 338 g/mol. The van der Waals surface area contributed by atoms with Gasteiger partial charge in [0.2, 0.25) is 0 Å². The Bertz CT molecular complexity index is 645. The summed E-state index contributed by atoms with van der Waals surface area (Å²) in [5.74, 6) is 0.784. The van der Waals surface area contributed by atoms with E-state index in [2.05, 4.69) is 20.7 Å².